The molecule has 0 aromatic rings. The fraction of sp³-hybridized carbons (Fsp3) is 0.700. The summed E-state index contributed by atoms with van der Waals surface area (Å²) in [5.74, 6) is -0.106. The SMILES string of the molecule is CCC1=CC(C)(C(=O)OC)CC1. The summed E-state index contributed by atoms with van der Waals surface area (Å²) in [5.41, 5.74) is 1.03. The van der Waals surface area contributed by atoms with Gasteiger partial charge in [0.25, 0.3) is 0 Å². The van der Waals surface area contributed by atoms with E-state index in [-0.39, 0.29) is 11.4 Å². The molecule has 1 rings (SSSR count). The second-order valence-corrected chi connectivity index (χ2v) is 3.57. The Labute approximate surface area is 73.6 Å². The molecule has 0 saturated heterocycles. The zero-order valence-electron chi connectivity index (χ0n) is 8.02. The Balaban J connectivity index is 2.75. The molecule has 2 heteroatoms. The van der Waals surface area contributed by atoms with Crippen molar-refractivity contribution in [2.75, 3.05) is 7.11 Å². The van der Waals surface area contributed by atoms with E-state index >= 15 is 0 Å². The Morgan fingerprint density at radius 2 is 2.42 bits per heavy atom. The molecular weight excluding hydrogens is 152 g/mol. The minimum Gasteiger partial charge on any atom is -0.468 e. The zero-order chi connectivity index (χ0) is 9.19. The molecule has 0 bridgehead atoms. The van der Waals surface area contributed by atoms with Crippen molar-refractivity contribution >= 4 is 5.97 Å². The van der Waals surface area contributed by atoms with Gasteiger partial charge in [0.1, 0.15) is 0 Å². The van der Waals surface area contributed by atoms with Gasteiger partial charge < -0.3 is 4.74 Å². The molecule has 0 aliphatic heterocycles. The fourth-order valence-electron chi connectivity index (χ4n) is 1.69. The topological polar surface area (TPSA) is 26.3 Å². The van der Waals surface area contributed by atoms with Crippen LogP contribution in [0, 0.1) is 5.41 Å². The van der Waals surface area contributed by atoms with Crippen molar-refractivity contribution < 1.29 is 9.53 Å². The van der Waals surface area contributed by atoms with Crippen molar-refractivity contribution in [3.05, 3.63) is 11.6 Å². The van der Waals surface area contributed by atoms with Gasteiger partial charge in [-0.3, -0.25) is 4.79 Å². The van der Waals surface area contributed by atoms with E-state index < -0.39 is 0 Å². The number of carbonyl (C=O) groups is 1. The maximum absolute atomic E-state index is 11.3. The number of ether oxygens (including phenoxy) is 1. The molecule has 0 aromatic heterocycles. The first-order chi connectivity index (χ1) is 5.62. The highest BCUT2D eigenvalue weighted by Crippen LogP contribution is 2.37. The molecule has 1 atom stereocenters. The quantitative estimate of drug-likeness (QED) is 0.467. The molecule has 12 heavy (non-hydrogen) atoms. The predicted molar refractivity (Wildman–Crippen MR) is 47.7 cm³/mol. The molecule has 1 unspecified atom stereocenters. The molecule has 2 nitrogen and oxygen atoms in total. The molecule has 0 radical (unpaired) electrons. The van der Waals surface area contributed by atoms with Gasteiger partial charge in [-0.1, -0.05) is 18.6 Å². The third kappa shape index (κ3) is 1.52. The van der Waals surface area contributed by atoms with Crippen LogP contribution in [0.1, 0.15) is 33.1 Å². The Bertz CT molecular complexity index is 218. The second-order valence-electron chi connectivity index (χ2n) is 3.57. The minimum atomic E-state index is -0.347. The lowest BCUT2D eigenvalue weighted by atomic mass is 9.91. The van der Waals surface area contributed by atoms with Crippen LogP contribution in [0.5, 0.6) is 0 Å². The normalized spacial score (nSPS) is 28.4. The highest BCUT2D eigenvalue weighted by atomic mass is 16.5. The molecule has 0 N–H and O–H groups in total. The third-order valence-electron chi connectivity index (χ3n) is 2.59. The van der Waals surface area contributed by atoms with Crippen LogP contribution in [0.15, 0.2) is 11.6 Å². The van der Waals surface area contributed by atoms with E-state index in [0.717, 1.165) is 19.3 Å². The van der Waals surface area contributed by atoms with Crippen LogP contribution < -0.4 is 0 Å². The Morgan fingerprint density at radius 3 is 2.83 bits per heavy atom. The van der Waals surface area contributed by atoms with Gasteiger partial charge in [0.15, 0.2) is 0 Å². The highest BCUT2D eigenvalue weighted by molar-refractivity contribution is 5.79. The van der Waals surface area contributed by atoms with Crippen molar-refractivity contribution in [1.82, 2.24) is 0 Å². The third-order valence-corrected chi connectivity index (χ3v) is 2.59. The Morgan fingerprint density at radius 1 is 1.75 bits per heavy atom. The lowest BCUT2D eigenvalue weighted by molar-refractivity contribution is -0.148. The molecule has 1 aliphatic rings. The first kappa shape index (κ1) is 9.30. The summed E-state index contributed by atoms with van der Waals surface area (Å²) in [6.45, 7) is 4.07. The number of methoxy groups -OCH3 is 1. The number of rotatable bonds is 2. The number of carbonyl (C=O) groups excluding carboxylic acids is 1. The fourth-order valence-corrected chi connectivity index (χ4v) is 1.69. The maximum atomic E-state index is 11.3. The van der Waals surface area contributed by atoms with Gasteiger partial charge in [-0.05, 0) is 26.2 Å². The van der Waals surface area contributed by atoms with Crippen LogP contribution in [0.4, 0.5) is 0 Å². The van der Waals surface area contributed by atoms with Crippen LogP contribution in [-0.2, 0) is 9.53 Å². The van der Waals surface area contributed by atoms with E-state index in [1.807, 2.05) is 6.92 Å². The van der Waals surface area contributed by atoms with Crippen LogP contribution in [0.3, 0.4) is 0 Å². The molecule has 1 aliphatic carbocycles. The van der Waals surface area contributed by atoms with Crippen LogP contribution in [0.25, 0.3) is 0 Å². The minimum absolute atomic E-state index is 0.106. The first-order valence-electron chi connectivity index (χ1n) is 4.41. The van der Waals surface area contributed by atoms with Crippen LogP contribution in [0.2, 0.25) is 0 Å². The average molecular weight is 168 g/mol. The average Bonchev–Trinajstić information content (AvgIpc) is 2.47. The smallest absolute Gasteiger partial charge is 0.315 e. The molecule has 0 fully saturated rings. The van der Waals surface area contributed by atoms with E-state index in [4.69, 9.17) is 4.74 Å². The van der Waals surface area contributed by atoms with Gasteiger partial charge in [0.2, 0.25) is 0 Å². The van der Waals surface area contributed by atoms with Gasteiger partial charge in [-0.25, -0.2) is 0 Å². The molecule has 0 heterocycles. The molecule has 0 spiro atoms. The summed E-state index contributed by atoms with van der Waals surface area (Å²) < 4.78 is 4.75. The van der Waals surface area contributed by atoms with E-state index in [1.165, 1.54) is 12.7 Å². The van der Waals surface area contributed by atoms with E-state index in [9.17, 15) is 4.79 Å². The van der Waals surface area contributed by atoms with Gasteiger partial charge in [-0.2, -0.15) is 0 Å². The lowest BCUT2D eigenvalue weighted by Gasteiger charge is -2.17. The van der Waals surface area contributed by atoms with Crippen LogP contribution >= 0.6 is 0 Å². The molecule has 68 valence electrons. The second kappa shape index (κ2) is 3.30. The van der Waals surface area contributed by atoms with E-state index in [1.54, 1.807) is 0 Å². The van der Waals surface area contributed by atoms with Crippen molar-refractivity contribution in [2.24, 2.45) is 5.41 Å². The van der Waals surface area contributed by atoms with E-state index in [2.05, 4.69) is 13.0 Å². The number of hydrogen-bond donors (Lipinski definition) is 0. The maximum Gasteiger partial charge on any atom is 0.315 e. The summed E-state index contributed by atoms with van der Waals surface area (Å²) in [7, 11) is 1.45. The summed E-state index contributed by atoms with van der Waals surface area (Å²) in [6.07, 6.45) is 5.07. The number of allylic oxidation sites excluding steroid dienone is 1. The van der Waals surface area contributed by atoms with Gasteiger partial charge in [0, 0.05) is 0 Å². The van der Waals surface area contributed by atoms with Crippen molar-refractivity contribution in [3.63, 3.8) is 0 Å². The molecular formula is C10H16O2. The van der Waals surface area contributed by atoms with Gasteiger partial charge in [0.05, 0.1) is 12.5 Å². The monoisotopic (exact) mass is 168 g/mol. The Kier molecular flexibility index (Phi) is 2.55. The Hall–Kier alpha value is -0.790. The lowest BCUT2D eigenvalue weighted by Crippen LogP contribution is -2.24. The molecule has 0 aromatic carbocycles. The number of esters is 1. The van der Waals surface area contributed by atoms with Gasteiger partial charge in [-0.15, -0.1) is 0 Å². The van der Waals surface area contributed by atoms with Crippen molar-refractivity contribution in [2.45, 2.75) is 33.1 Å². The summed E-state index contributed by atoms with van der Waals surface area (Å²) in [4.78, 5) is 11.3. The van der Waals surface area contributed by atoms with Crippen molar-refractivity contribution in [1.29, 1.82) is 0 Å². The first-order valence-corrected chi connectivity index (χ1v) is 4.41. The highest BCUT2D eigenvalue weighted by Gasteiger charge is 2.35. The number of hydrogen-bond acceptors (Lipinski definition) is 2. The predicted octanol–water partition coefficient (Wildman–Crippen LogP) is 2.30. The summed E-state index contributed by atoms with van der Waals surface area (Å²) >= 11 is 0. The molecule has 0 amide bonds. The summed E-state index contributed by atoms with van der Waals surface area (Å²) in [5, 5.41) is 0. The van der Waals surface area contributed by atoms with Crippen LogP contribution in [-0.4, -0.2) is 13.1 Å². The van der Waals surface area contributed by atoms with E-state index in [0.29, 0.717) is 0 Å². The van der Waals surface area contributed by atoms with Gasteiger partial charge >= 0.3 is 5.97 Å². The zero-order valence-corrected chi connectivity index (χ0v) is 8.02. The molecule has 0 saturated carbocycles. The summed E-state index contributed by atoms with van der Waals surface area (Å²) in [6, 6.07) is 0. The standard InChI is InChI=1S/C10H16O2/c1-4-8-5-6-10(2,7-8)9(11)12-3/h7H,4-6H2,1-3H3. The largest absolute Gasteiger partial charge is 0.468 e. The van der Waals surface area contributed by atoms with Crippen molar-refractivity contribution in [3.8, 4) is 0 Å².